The zero-order valence-electron chi connectivity index (χ0n) is 11.4. The largest absolute Gasteiger partial charge is 0.481 e. The van der Waals surface area contributed by atoms with Crippen molar-refractivity contribution in [2.75, 3.05) is 26.2 Å². The average molecular weight is 271 g/mol. The molecular formula is C13H25N3O3. The summed E-state index contributed by atoms with van der Waals surface area (Å²) >= 11 is 0. The Hall–Kier alpha value is -1.56. The normalized spacial score (nSPS) is 14.8. The smallest absolute Gasteiger partial charge is 0.314 e. The lowest BCUT2D eigenvalue weighted by molar-refractivity contribution is -0.136. The predicted molar refractivity (Wildman–Crippen MR) is 74.9 cm³/mol. The number of carboxylic acid groups (broad SMARTS) is 1. The number of carbonyl (C=O) groups is 2. The lowest BCUT2D eigenvalue weighted by Crippen LogP contribution is -2.36. The number of amides is 2. The third-order valence-corrected chi connectivity index (χ3v) is 2.72. The van der Waals surface area contributed by atoms with Gasteiger partial charge >= 0.3 is 12.0 Å². The van der Waals surface area contributed by atoms with Crippen LogP contribution >= 0.6 is 0 Å². The SMILES string of the molecule is C=CCNCCC(=O)O.NC(=O)N1CCCCCC1. The highest BCUT2D eigenvalue weighted by atomic mass is 16.4. The van der Waals surface area contributed by atoms with Crippen LogP contribution in [-0.4, -0.2) is 48.2 Å². The molecule has 0 radical (unpaired) electrons. The van der Waals surface area contributed by atoms with Crippen LogP contribution in [-0.2, 0) is 4.79 Å². The van der Waals surface area contributed by atoms with E-state index in [2.05, 4.69) is 11.9 Å². The van der Waals surface area contributed by atoms with E-state index in [-0.39, 0.29) is 12.5 Å². The lowest BCUT2D eigenvalue weighted by atomic mass is 10.2. The van der Waals surface area contributed by atoms with E-state index in [1.165, 1.54) is 12.8 Å². The molecule has 0 aromatic carbocycles. The molecule has 0 saturated carbocycles. The molecule has 0 atom stereocenters. The first-order valence-electron chi connectivity index (χ1n) is 6.65. The molecule has 1 heterocycles. The van der Waals surface area contributed by atoms with Gasteiger partial charge in [0.25, 0.3) is 0 Å². The van der Waals surface area contributed by atoms with Crippen LogP contribution in [0.25, 0.3) is 0 Å². The minimum absolute atomic E-state index is 0.174. The van der Waals surface area contributed by atoms with E-state index in [0.717, 1.165) is 25.9 Å². The fraction of sp³-hybridized carbons (Fsp3) is 0.692. The number of aliphatic carboxylic acids is 1. The summed E-state index contributed by atoms with van der Waals surface area (Å²) in [6, 6.07) is -0.262. The number of hydrogen-bond acceptors (Lipinski definition) is 3. The van der Waals surface area contributed by atoms with E-state index >= 15 is 0 Å². The maximum Gasteiger partial charge on any atom is 0.314 e. The van der Waals surface area contributed by atoms with Crippen molar-refractivity contribution in [1.29, 1.82) is 0 Å². The zero-order chi connectivity index (χ0) is 14.5. The molecule has 19 heavy (non-hydrogen) atoms. The van der Waals surface area contributed by atoms with Crippen molar-refractivity contribution in [3.8, 4) is 0 Å². The zero-order valence-corrected chi connectivity index (χ0v) is 11.4. The number of carbonyl (C=O) groups excluding carboxylic acids is 1. The second-order valence-corrected chi connectivity index (χ2v) is 4.38. The van der Waals surface area contributed by atoms with Gasteiger partial charge in [0.15, 0.2) is 0 Å². The van der Waals surface area contributed by atoms with E-state index in [1.54, 1.807) is 11.0 Å². The number of carboxylic acids is 1. The van der Waals surface area contributed by atoms with E-state index in [9.17, 15) is 9.59 Å². The molecule has 1 saturated heterocycles. The Labute approximate surface area is 114 Å². The molecule has 0 aromatic heterocycles. The Morgan fingerprint density at radius 1 is 1.26 bits per heavy atom. The first kappa shape index (κ1) is 17.4. The van der Waals surface area contributed by atoms with Gasteiger partial charge in [-0.2, -0.15) is 0 Å². The summed E-state index contributed by atoms with van der Waals surface area (Å²) in [7, 11) is 0. The van der Waals surface area contributed by atoms with Crippen molar-refractivity contribution in [1.82, 2.24) is 10.2 Å². The summed E-state index contributed by atoms with van der Waals surface area (Å²) in [5.74, 6) is -0.772. The summed E-state index contributed by atoms with van der Waals surface area (Å²) < 4.78 is 0. The van der Waals surface area contributed by atoms with Gasteiger partial charge in [0, 0.05) is 26.2 Å². The van der Waals surface area contributed by atoms with Crippen molar-refractivity contribution in [3.05, 3.63) is 12.7 Å². The van der Waals surface area contributed by atoms with Crippen LogP contribution in [0.5, 0.6) is 0 Å². The summed E-state index contributed by atoms with van der Waals surface area (Å²) in [6.07, 6.45) is 6.58. The van der Waals surface area contributed by atoms with Crippen molar-refractivity contribution in [3.63, 3.8) is 0 Å². The molecule has 0 spiro atoms. The molecule has 4 N–H and O–H groups in total. The Bertz CT molecular complexity index is 274. The van der Waals surface area contributed by atoms with Crippen molar-refractivity contribution in [2.24, 2.45) is 5.73 Å². The number of rotatable bonds is 5. The van der Waals surface area contributed by atoms with E-state index in [1.807, 2.05) is 0 Å². The fourth-order valence-corrected chi connectivity index (χ4v) is 1.69. The molecule has 6 nitrogen and oxygen atoms in total. The molecule has 0 aromatic rings. The molecule has 1 aliphatic rings. The highest BCUT2D eigenvalue weighted by Crippen LogP contribution is 2.08. The molecule has 0 bridgehead atoms. The molecule has 1 aliphatic heterocycles. The Balaban J connectivity index is 0.000000344. The van der Waals surface area contributed by atoms with Gasteiger partial charge in [-0.25, -0.2) is 4.79 Å². The van der Waals surface area contributed by atoms with Crippen LogP contribution in [0, 0.1) is 0 Å². The summed E-state index contributed by atoms with van der Waals surface area (Å²) in [5, 5.41) is 11.0. The van der Waals surface area contributed by atoms with E-state index in [0.29, 0.717) is 13.1 Å². The molecule has 0 aliphatic carbocycles. The number of nitrogens with zero attached hydrogens (tertiary/aromatic N) is 1. The Morgan fingerprint density at radius 3 is 2.26 bits per heavy atom. The highest BCUT2D eigenvalue weighted by Gasteiger charge is 2.10. The van der Waals surface area contributed by atoms with Gasteiger partial charge in [-0.05, 0) is 12.8 Å². The van der Waals surface area contributed by atoms with E-state index < -0.39 is 5.97 Å². The quantitative estimate of drug-likeness (QED) is 0.517. The Morgan fingerprint density at radius 2 is 1.84 bits per heavy atom. The first-order chi connectivity index (χ1) is 9.07. The second-order valence-electron chi connectivity index (χ2n) is 4.38. The average Bonchev–Trinajstić information content (AvgIpc) is 2.64. The number of urea groups is 1. The number of primary amides is 1. The van der Waals surface area contributed by atoms with Crippen molar-refractivity contribution in [2.45, 2.75) is 32.1 Å². The van der Waals surface area contributed by atoms with Crippen LogP contribution in [0.15, 0.2) is 12.7 Å². The van der Waals surface area contributed by atoms with Crippen LogP contribution in [0.2, 0.25) is 0 Å². The van der Waals surface area contributed by atoms with Gasteiger partial charge in [-0.1, -0.05) is 18.9 Å². The van der Waals surface area contributed by atoms with Gasteiger partial charge < -0.3 is 21.1 Å². The second kappa shape index (κ2) is 11.5. The van der Waals surface area contributed by atoms with Crippen molar-refractivity contribution < 1.29 is 14.7 Å². The molecule has 110 valence electrons. The monoisotopic (exact) mass is 271 g/mol. The minimum Gasteiger partial charge on any atom is -0.481 e. The summed E-state index contributed by atoms with van der Waals surface area (Å²) in [5.41, 5.74) is 5.12. The van der Waals surface area contributed by atoms with Crippen LogP contribution < -0.4 is 11.1 Å². The highest BCUT2D eigenvalue weighted by molar-refractivity contribution is 5.71. The van der Waals surface area contributed by atoms with Gasteiger partial charge in [0.05, 0.1) is 6.42 Å². The lowest BCUT2D eigenvalue weighted by Gasteiger charge is -2.16. The summed E-state index contributed by atoms with van der Waals surface area (Å²) in [6.45, 7) is 6.37. The van der Waals surface area contributed by atoms with Gasteiger partial charge in [0.2, 0.25) is 0 Å². The number of nitrogens with two attached hydrogens (primary N) is 1. The maximum atomic E-state index is 10.7. The van der Waals surface area contributed by atoms with Gasteiger partial charge in [0.1, 0.15) is 0 Å². The number of hydrogen-bond donors (Lipinski definition) is 3. The molecule has 1 rings (SSSR count). The first-order valence-corrected chi connectivity index (χ1v) is 6.65. The molecule has 2 amide bonds. The van der Waals surface area contributed by atoms with Gasteiger partial charge in [-0.15, -0.1) is 6.58 Å². The fourth-order valence-electron chi connectivity index (χ4n) is 1.69. The minimum atomic E-state index is -0.772. The van der Waals surface area contributed by atoms with Crippen LogP contribution in [0.4, 0.5) is 4.79 Å². The predicted octanol–water partition coefficient (Wildman–Crippen LogP) is 1.18. The van der Waals surface area contributed by atoms with E-state index in [4.69, 9.17) is 10.8 Å². The molecule has 6 heteroatoms. The standard InChI is InChI=1S/C7H14N2O.C6H11NO2/c8-7(10)9-5-3-1-2-4-6-9;1-2-4-7-5-3-6(8)9/h1-6H2,(H2,8,10);2,7H,1,3-5H2,(H,8,9). The molecule has 1 fully saturated rings. The Kier molecular flexibility index (Phi) is 10.6. The van der Waals surface area contributed by atoms with Crippen LogP contribution in [0.1, 0.15) is 32.1 Å². The third-order valence-electron chi connectivity index (χ3n) is 2.72. The molecule has 0 unspecified atom stereocenters. The van der Waals surface area contributed by atoms with Crippen LogP contribution in [0.3, 0.4) is 0 Å². The molecular weight excluding hydrogens is 246 g/mol. The third kappa shape index (κ3) is 11.3. The number of likely N-dealkylation sites (tertiary alicyclic amines) is 1. The topological polar surface area (TPSA) is 95.7 Å². The van der Waals surface area contributed by atoms with Gasteiger partial charge in [-0.3, -0.25) is 4.79 Å². The number of nitrogens with one attached hydrogen (secondary N) is 1. The van der Waals surface area contributed by atoms with Crippen molar-refractivity contribution >= 4 is 12.0 Å². The summed E-state index contributed by atoms with van der Waals surface area (Å²) in [4.78, 5) is 22.3. The maximum absolute atomic E-state index is 10.7.